The number of hydrogen-bond donors (Lipinski definition) is 0. The van der Waals surface area contributed by atoms with E-state index in [0.29, 0.717) is 0 Å². The summed E-state index contributed by atoms with van der Waals surface area (Å²) in [6.45, 7) is 34.7. The quantitative estimate of drug-likeness (QED) is 0.159. The van der Waals surface area contributed by atoms with Crippen LogP contribution in [0.3, 0.4) is 0 Å². The minimum atomic E-state index is -0.0521. The smallest absolute Gasteiger partial charge is 0.252 e. The van der Waals surface area contributed by atoms with E-state index in [1.807, 2.05) is 0 Å². The van der Waals surface area contributed by atoms with Gasteiger partial charge in [0.15, 0.2) is 0 Å². The number of hydrogen-bond acceptors (Lipinski definition) is 3. The molecule has 0 bridgehead atoms. The molecule has 2 aliphatic rings. The van der Waals surface area contributed by atoms with Gasteiger partial charge in [-0.05, 0) is 143 Å². The molecule has 0 N–H and O–H groups in total. The lowest BCUT2D eigenvalue weighted by molar-refractivity contribution is 0.590. The van der Waals surface area contributed by atoms with Crippen LogP contribution in [0.1, 0.15) is 132 Å². The summed E-state index contributed by atoms with van der Waals surface area (Å²) in [5, 5.41) is 2.45. The molecule has 70 heavy (non-hydrogen) atoms. The van der Waals surface area contributed by atoms with Gasteiger partial charge in [-0.1, -0.05) is 201 Å². The summed E-state index contributed by atoms with van der Waals surface area (Å²) in [6.07, 6.45) is 0. The fourth-order valence-corrected chi connectivity index (χ4v) is 10.8. The second kappa shape index (κ2) is 16.5. The minimum Gasteiger partial charge on any atom is -0.311 e. The van der Waals surface area contributed by atoms with Crippen molar-refractivity contribution < 1.29 is 0 Å². The summed E-state index contributed by atoms with van der Waals surface area (Å²) in [7, 11) is 0. The number of benzene rings is 8. The van der Waals surface area contributed by atoms with Crippen LogP contribution in [0.5, 0.6) is 0 Å². The van der Waals surface area contributed by atoms with Gasteiger partial charge in [-0.2, -0.15) is 0 Å². The molecule has 8 aromatic carbocycles. The number of nitrogens with zero attached hydrogens (tertiary/aromatic N) is 3. The molecule has 0 amide bonds. The first kappa shape index (κ1) is 47.2. The summed E-state index contributed by atoms with van der Waals surface area (Å²) in [6, 6.07) is 63.4. The van der Waals surface area contributed by atoms with Crippen molar-refractivity contribution in [2.75, 3.05) is 14.7 Å². The van der Waals surface area contributed by atoms with E-state index >= 15 is 0 Å². The van der Waals surface area contributed by atoms with Crippen LogP contribution in [0.15, 0.2) is 164 Å². The molecule has 0 aliphatic carbocycles. The second-order valence-corrected chi connectivity index (χ2v) is 25.3. The standard InChI is InChI=1S/C66H72BN3/c1-62(2,3)44-23-31-49(32-24-44)68(50-33-25-45(26-34-50)63(4,5)6)52-41-59-61-60(42-52)70(56-22-18-20-43-19-16-17-21-53(43)56)58-38-30-48(66(13,14)15)40-55(58)67(61)54-39-47(65(10,11)12)29-37-57(54)69(59)51-35-27-46(28-36-51)64(7,8)9/h16-42H,1-15H3. The van der Waals surface area contributed by atoms with Crippen molar-refractivity contribution in [1.29, 1.82) is 0 Å². The molecule has 0 saturated heterocycles. The summed E-state index contributed by atoms with van der Waals surface area (Å²) in [4.78, 5) is 7.67. The monoisotopic (exact) mass is 918 g/mol. The summed E-state index contributed by atoms with van der Waals surface area (Å²) < 4.78 is 0. The van der Waals surface area contributed by atoms with E-state index in [-0.39, 0.29) is 33.8 Å². The minimum absolute atomic E-state index is 0.0170. The van der Waals surface area contributed by atoms with Crippen molar-refractivity contribution in [3.63, 3.8) is 0 Å². The van der Waals surface area contributed by atoms with Crippen LogP contribution < -0.4 is 31.1 Å². The molecule has 354 valence electrons. The fraction of sp³-hybridized carbons (Fsp3) is 0.303. The number of anilines is 9. The van der Waals surface area contributed by atoms with E-state index in [9.17, 15) is 0 Å². The van der Waals surface area contributed by atoms with Crippen molar-refractivity contribution >= 4 is 85.1 Å². The predicted molar refractivity (Wildman–Crippen MR) is 306 cm³/mol. The van der Waals surface area contributed by atoms with Gasteiger partial charge in [-0.3, -0.25) is 0 Å². The summed E-state index contributed by atoms with van der Waals surface area (Å²) >= 11 is 0. The van der Waals surface area contributed by atoms with Crippen molar-refractivity contribution in [3.8, 4) is 0 Å². The van der Waals surface area contributed by atoms with Gasteiger partial charge in [-0.25, -0.2) is 0 Å². The highest BCUT2D eigenvalue weighted by Crippen LogP contribution is 2.50. The average molecular weight is 918 g/mol. The Hall–Kier alpha value is -6.52. The predicted octanol–water partition coefficient (Wildman–Crippen LogP) is 16.9. The summed E-state index contributed by atoms with van der Waals surface area (Å²) in [5.41, 5.74) is 21.1. The Labute approximate surface area is 420 Å². The SMILES string of the molecule is CC(C)(C)c1ccc(N(c2ccc(C(C)(C)C)cc2)c2cc3c4c(c2)N(c2cccc5ccccc25)c2ccc(C(C)(C)C)cc2B4c2cc(C(C)(C)C)ccc2N3c2ccc(C(C)(C)C)cc2)cc1. The number of fused-ring (bicyclic) bond motifs is 5. The van der Waals surface area contributed by atoms with Crippen LogP contribution >= 0.6 is 0 Å². The fourth-order valence-electron chi connectivity index (χ4n) is 10.8. The van der Waals surface area contributed by atoms with Gasteiger partial charge in [0.2, 0.25) is 0 Å². The lowest BCUT2D eigenvalue weighted by Crippen LogP contribution is -2.61. The molecule has 0 radical (unpaired) electrons. The molecule has 0 aromatic heterocycles. The molecule has 8 aromatic rings. The van der Waals surface area contributed by atoms with Gasteiger partial charge in [0.1, 0.15) is 0 Å². The van der Waals surface area contributed by atoms with Gasteiger partial charge in [0.05, 0.1) is 11.4 Å². The molecule has 2 heterocycles. The zero-order valence-corrected chi connectivity index (χ0v) is 44.5. The van der Waals surface area contributed by atoms with E-state index in [0.717, 1.165) is 22.7 Å². The lowest BCUT2D eigenvalue weighted by atomic mass is 9.33. The topological polar surface area (TPSA) is 9.72 Å². The van der Waals surface area contributed by atoms with E-state index in [4.69, 9.17) is 0 Å². The molecule has 10 rings (SSSR count). The zero-order valence-electron chi connectivity index (χ0n) is 44.5. The van der Waals surface area contributed by atoms with E-state index in [2.05, 4.69) is 282 Å². The maximum Gasteiger partial charge on any atom is 0.252 e. The molecule has 0 saturated carbocycles. The average Bonchev–Trinajstić information content (AvgIpc) is 3.30. The second-order valence-electron chi connectivity index (χ2n) is 25.3. The molecular formula is C66H72BN3. The zero-order chi connectivity index (χ0) is 49.9. The molecule has 3 nitrogen and oxygen atoms in total. The van der Waals surface area contributed by atoms with Crippen LogP contribution in [0.2, 0.25) is 0 Å². The Bertz CT molecular complexity index is 3210. The highest BCUT2D eigenvalue weighted by Gasteiger charge is 2.45. The van der Waals surface area contributed by atoms with Crippen molar-refractivity contribution in [2.45, 2.75) is 131 Å². The first-order chi connectivity index (χ1) is 32.9. The first-order valence-corrected chi connectivity index (χ1v) is 25.5. The molecule has 2 aliphatic heterocycles. The summed E-state index contributed by atoms with van der Waals surface area (Å²) in [5.74, 6) is 0. The number of rotatable bonds is 5. The van der Waals surface area contributed by atoms with Crippen LogP contribution in [-0.2, 0) is 27.1 Å². The molecule has 0 atom stereocenters. The normalized spacial score (nSPS) is 13.8. The van der Waals surface area contributed by atoms with Gasteiger partial charge in [-0.15, -0.1) is 0 Å². The van der Waals surface area contributed by atoms with Crippen LogP contribution in [0, 0.1) is 0 Å². The largest absolute Gasteiger partial charge is 0.311 e. The molecular weight excluding hydrogens is 846 g/mol. The van der Waals surface area contributed by atoms with E-state index < -0.39 is 0 Å². The maximum absolute atomic E-state index is 2.60. The highest BCUT2D eigenvalue weighted by atomic mass is 15.2. The highest BCUT2D eigenvalue weighted by molar-refractivity contribution is 7.00. The van der Waals surface area contributed by atoms with E-state index in [1.54, 1.807) is 0 Å². The Morgan fingerprint density at radius 3 is 1.20 bits per heavy atom. The van der Waals surface area contributed by atoms with Crippen molar-refractivity contribution in [3.05, 3.63) is 192 Å². The Morgan fingerprint density at radius 2 is 0.729 bits per heavy atom. The molecule has 0 unspecified atom stereocenters. The molecule has 4 heteroatoms. The van der Waals surface area contributed by atoms with Crippen LogP contribution in [0.25, 0.3) is 10.8 Å². The van der Waals surface area contributed by atoms with Crippen molar-refractivity contribution in [2.24, 2.45) is 0 Å². The third kappa shape index (κ3) is 8.31. The Balaban J connectivity index is 1.36. The third-order valence-electron chi connectivity index (χ3n) is 15.0. The van der Waals surface area contributed by atoms with Gasteiger partial charge < -0.3 is 14.7 Å². The van der Waals surface area contributed by atoms with Gasteiger partial charge in [0.25, 0.3) is 6.71 Å². The van der Waals surface area contributed by atoms with Gasteiger partial charge in [0, 0.05) is 45.2 Å². The van der Waals surface area contributed by atoms with Crippen molar-refractivity contribution in [1.82, 2.24) is 0 Å². The Kier molecular flexibility index (Phi) is 11.2. The maximum atomic E-state index is 2.60. The molecule has 0 spiro atoms. The third-order valence-corrected chi connectivity index (χ3v) is 15.0. The lowest BCUT2D eigenvalue weighted by Gasteiger charge is -2.46. The van der Waals surface area contributed by atoms with E-state index in [1.165, 1.54) is 83.4 Å². The first-order valence-electron chi connectivity index (χ1n) is 25.5. The van der Waals surface area contributed by atoms with Crippen LogP contribution in [-0.4, -0.2) is 6.71 Å². The molecule has 0 fully saturated rings. The van der Waals surface area contributed by atoms with Gasteiger partial charge >= 0.3 is 0 Å². The Morgan fingerprint density at radius 1 is 0.329 bits per heavy atom. The van der Waals surface area contributed by atoms with Crippen LogP contribution in [0.4, 0.5) is 51.2 Å².